The lowest BCUT2D eigenvalue weighted by atomic mass is 9.64. The van der Waals surface area contributed by atoms with E-state index in [9.17, 15) is 0 Å². The van der Waals surface area contributed by atoms with Gasteiger partial charge >= 0.3 is 0 Å². The first-order valence-electron chi connectivity index (χ1n) is 7.25. The summed E-state index contributed by atoms with van der Waals surface area (Å²) in [6.45, 7) is 2.44. The van der Waals surface area contributed by atoms with Crippen molar-refractivity contribution >= 4 is 23.2 Å². The average molecular weight is 296 g/mol. The molecule has 3 heteroatoms. The summed E-state index contributed by atoms with van der Waals surface area (Å²) in [5.74, 6) is 2.61. The van der Waals surface area contributed by atoms with Crippen LogP contribution in [0.1, 0.15) is 24.8 Å². The molecular formula is C16H19Cl2N. The molecule has 0 spiro atoms. The highest BCUT2D eigenvalue weighted by atomic mass is 35.5. The van der Waals surface area contributed by atoms with Crippen LogP contribution in [0.25, 0.3) is 0 Å². The number of halogens is 2. The van der Waals surface area contributed by atoms with Gasteiger partial charge in [-0.1, -0.05) is 29.3 Å². The summed E-state index contributed by atoms with van der Waals surface area (Å²) in [6, 6.07) is 6.34. The molecule has 1 aliphatic heterocycles. The predicted molar refractivity (Wildman–Crippen MR) is 80.0 cm³/mol. The summed E-state index contributed by atoms with van der Waals surface area (Å²) >= 11 is 12.4. The first-order valence-corrected chi connectivity index (χ1v) is 8.01. The van der Waals surface area contributed by atoms with E-state index >= 15 is 0 Å². The summed E-state index contributed by atoms with van der Waals surface area (Å²) < 4.78 is 0. The number of fused-ring (bicyclic) bond motifs is 5. The maximum Gasteiger partial charge on any atom is 0.0595 e. The van der Waals surface area contributed by atoms with Crippen molar-refractivity contribution < 1.29 is 0 Å². The van der Waals surface area contributed by atoms with Crippen molar-refractivity contribution in [3.05, 3.63) is 33.8 Å². The van der Waals surface area contributed by atoms with Gasteiger partial charge in [-0.15, -0.1) is 0 Å². The molecule has 1 aromatic rings. The molecular weight excluding hydrogens is 277 g/mol. The molecule has 3 fully saturated rings. The molecule has 1 nitrogen and oxygen atoms in total. The molecule has 1 saturated heterocycles. The fourth-order valence-electron chi connectivity index (χ4n) is 5.31. The second-order valence-electron chi connectivity index (χ2n) is 6.74. The normalized spacial score (nSPS) is 40.9. The van der Waals surface area contributed by atoms with E-state index < -0.39 is 0 Å². The zero-order valence-electron chi connectivity index (χ0n) is 11.2. The molecule has 2 aliphatic carbocycles. The minimum Gasteiger partial charge on any atom is -0.305 e. The summed E-state index contributed by atoms with van der Waals surface area (Å²) in [6.07, 6.45) is 4.26. The van der Waals surface area contributed by atoms with E-state index in [-0.39, 0.29) is 0 Å². The van der Waals surface area contributed by atoms with Gasteiger partial charge in [0.2, 0.25) is 0 Å². The number of likely N-dealkylation sites (N-methyl/N-ethyl adjacent to an activating group) is 1. The standard InChI is InChI=1S/C16H19Cl2N/c1-19-8-13-10-2-3-11(6-10)16(13,9-19)12-4-5-14(17)15(18)7-12/h4-5,7,10-11,13H,2-3,6,8-9H2,1H3. The summed E-state index contributed by atoms with van der Waals surface area (Å²) in [5, 5.41) is 1.39. The predicted octanol–water partition coefficient (Wildman–Crippen LogP) is 4.22. The minimum atomic E-state index is 0.353. The van der Waals surface area contributed by atoms with Crippen molar-refractivity contribution in [2.24, 2.45) is 17.8 Å². The van der Waals surface area contributed by atoms with Crippen molar-refractivity contribution in [2.45, 2.75) is 24.7 Å². The fourth-order valence-corrected chi connectivity index (χ4v) is 5.60. The van der Waals surface area contributed by atoms with E-state index in [4.69, 9.17) is 23.2 Å². The van der Waals surface area contributed by atoms with Crippen LogP contribution in [0.2, 0.25) is 10.0 Å². The van der Waals surface area contributed by atoms with Crippen LogP contribution in [-0.4, -0.2) is 25.0 Å². The van der Waals surface area contributed by atoms with Gasteiger partial charge in [-0.3, -0.25) is 0 Å². The van der Waals surface area contributed by atoms with E-state index in [1.54, 1.807) is 0 Å². The Morgan fingerprint density at radius 2 is 2.05 bits per heavy atom. The minimum absolute atomic E-state index is 0.353. The molecule has 19 heavy (non-hydrogen) atoms. The third-order valence-corrected chi connectivity index (χ3v) is 6.67. The summed E-state index contributed by atoms with van der Waals surface area (Å²) in [4.78, 5) is 2.51. The Morgan fingerprint density at radius 1 is 1.21 bits per heavy atom. The van der Waals surface area contributed by atoms with Gasteiger partial charge in [0.25, 0.3) is 0 Å². The van der Waals surface area contributed by atoms with Gasteiger partial charge < -0.3 is 4.90 Å². The van der Waals surface area contributed by atoms with Gasteiger partial charge in [0.05, 0.1) is 10.0 Å². The van der Waals surface area contributed by atoms with Crippen LogP contribution < -0.4 is 0 Å². The average Bonchev–Trinajstić information content (AvgIpc) is 3.02. The molecule has 2 saturated carbocycles. The van der Waals surface area contributed by atoms with Crippen LogP contribution >= 0.6 is 23.2 Å². The smallest absolute Gasteiger partial charge is 0.0595 e. The molecule has 4 atom stereocenters. The first kappa shape index (κ1) is 12.5. The van der Waals surface area contributed by atoms with E-state index in [0.29, 0.717) is 15.5 Å². The van der Waals surface area contributed by atoms with Crippen LogP contribution in [0, 0.1) is 17.8 Å². The molecule has 1 aromatic carbocycles. The van der Waals surface area contributed by atoms with Gasteiger partial charge in [-0.25, -0.2) is 0 Å². The Hall–Kier alpha value is -0.240. The van der Waals surface area contributed by atoms with Gasteiger partial charge in [0, 0.05) is 18.5 Å². The Bertz CT molecular complexity index is 529. The Morgan fingerprint density at radius 3 is 2.84 bits per heavy atom. The number of rotatable bonds is 1. The number of likely N-dealkylation sites (tertiary alicyclic amines) is 1. The number of hydrogen-bond acceptors (Lipinski definition) is 1. The van der Waals surface area contributed by atoms with Gasteiger partial charge in [0.15, 0.2) is 0 Å². The maximum atomic E-state index is 6.27. The van der Waals surface area contributed by atoms with Crippen LogP contribution in [0.4, 0.5) is 0 Å². The molecule has 0 radical (unpaired) electrons. The monoisotopic (exact) mass is 295 g/mol. The molecule has 0 amide bonds. The van der Waals surface area contributed by atoms with Crippen molar-refractivity contribution in [3.63, 3.8) is 0 Å². The number of benzene rings is 1. The van der Waals surface area contributed by atoms with Crippen molar-refractivity contribution in [1.29, 1.82) is 0 Å². The molecule has 102 valence electrons. The molecule has 2 bridgehead atoms. The Kier molecular flexibility index (Phi) is 2.72. The summed E-state index contributed by atoms with van der Waals surface area (Å²) in [5.41, 5.74) is 1.79. The van der Waals surface area contributed by atoms with Crippen molar-refractivity contribution in [1.82, 2.24) is 4.90 Å². The highest BCUT2D eigenvalue weighted by molar-refractivity contribution is 6.42. The molecule has 0 N–H and O–H groups in total. The van der Waals surface area contributed by atoms with Crippen LogP contribution in [0.3, 0.4) is 0 Å². The lowest BCUT2D eigenvalue weighted by Crippen LogP contribution is -2.40. The van der Waals surface area contributed by atoms with E-state index in [1.807, 2.05) is 6.07 Å². The molecule has 4 rings (SSSR count). The maximum absolute atomic E-state index is 6.27. The summed E-state index contributed by atoms with van der Waals surface area (Å²) in [7, 11) is 2.26. The Labute approximate surface area is 124 Å². The Balaban J connectivity index is 1.84. The fraction of sp³-hybridized carbons (Fsp3) is 0.625. The van der Waals surface area contributed by atoms with E-state index in [0.717, 1.165) is 17.8 Å². The lowest BCUT2D eigenvalue weighted by Gasteiger charge is -2.39. The second kappa shape index (κ2) is 4.13. The van der Waals surface area contributed by atoms with Gasteiger partial charge in [-0.2, -0.15) is 0 Å². The van der Waals surface area contributed by atoms with E-state index in [1.165, 1.54) is 37.9 Å². The highest BCUT2D eigenvalue weighted by Gasteiger charge is 2.61. The van der Waals surface area contributed by atoms with Crippen molar-refractivity contribution in [2.75, 3.05) is 20.1 Å². The van der Waals surface area contributed by atoms with Gasteiger partial charge in [0.1, 0.15) is 0 Å². The third-order valence-electron chi connectivity index (χ3n) is 5.93. The zero-order valence-corrected chi connectivity index (χ0v) is 12.7. The second-order valence-corrected chi connectivity index (χ2v) is 7.56. The first-order chi connectivity index (χ1) is 9.11. The number of nitrogens with zero attached hydrogens (tertiary/aromatic N) is 1. The quantitative estimate of drug-likeness (QED) is 0.750. The zero-order chi connectivity index (χ0) is 13.2. The SMILES string of the molecule is CN1CC2C3CCC(C3)C2(c2ccc(Cl)c(Cl)c2)C1. The van der Waals surface area contributed by atoms with Crippen LogP contribution in [0.15, 0.2) is 18.2 Å². The lowest BCUT2D eigenvalue weighted by molar-refractivity contribution is 0.223. The largest absolute Gasteiger partial charge is 0.305 e. The molecule has 1 heterocycles. The molecule has 3 aliphatic rings. The third kappa shape index (κ3) is 1.58. The van der Waals surface area contributed by atoms with E-state index in [2.05, 4.69) is 24.1 Å². The highest BCUT2D eigenvalue weighted by Crippen LogP contribution is 2.63. The molecule has 0 aromatic heterocycles. The van der Waals surface area contributed by atoms with Crippen LogP contribution in [-0.2, 0) is 5.41 Å². The van der Waals surface area contributed by atoms with Crippen molar-refractivity contribution in [3.8, 4) is 0 Å². The van der Waals surface area contributed by atoms with Gasteiger partial charge in [-0.05, 0) is 61.8 Å². The number of hydrogen-bond donors (Lipinski definition) is 0. The topological polar surface area (TPSA) is 3.24 Å². The van der Waals surface area contributed by atoms with Crippen LogP contribution in [0.5, 0.6) is 0 Å². The molecule has 4 unspecified atom stereocenters.